The fraction of sp³-hybridized carbons (Fsp3) is 0.875. The van der Waals surface area contributed by atoms with Gasteiger partial charge in [0, 0.05) is 6.54 Å². The number of carboxylic acids is 1. The zero-order valence-corrected chi connectivity index (χ0v) is 6.92. The highest BCUT2D eigenvalue weighted by Crippen LogP contribution is 2.15. The third kappa shape index (κ3) is 2.19. The molecule has 1 fully saturated rings. The first-order chi connectivity index (χ1) is 5.24. The Morgan fingerprint density at radius 2 is 2.45 bits per heavy atom. The zero-order valence-electron chi connectivity index (χ0n) is 6.92. The number of carboxylic acid groups (broad SMARTS) is 1. The van der Waals surface area contributed by atoms with E-state index < -0.39 is 5.97 Å². The maximum absolute atomic E-state index is 10.6. The first-order valence-electron chi connectivity index (χ1n) is 4.19. The highest BCUT2D eigenvalue weighted by atomic mass is 16.4. The highest BCUT2D eigenvalue weighted by molar-refractivity contribution is 5.70. The van der Waals surface area contributed by atoms with E-state index in [2.05, 4.69) is 11.8 Å². The lowest BCUT2D eigenvalue weighted by Crippen LogP contribution is -2.38. The standard InChI is InChI=1S/C8H15NO2/c1-2-9-5-3-4-7(6-9)8(10)11/h7H,2-6H2,1H3,(H,10,11)/t7-/m1/s1. The van der Waals surface area contributed by atoms with E-state index in [0.717, 1.165) is 32.5 Å². The van der Waals surface area contributed by atoms with Gasteiger partial charge in [0.25, 0.3) is 0 Å². The maximum Gasteiger partial charge on any atom is 0.307 e. The zero-order chi connectivity index (χ0) is 8.27. The minimum absolute atomic E-state index is 0.122. The second-order valence-electron chi connectivity index (χ2n) is 3.07. The van der Waals surface area contributed by atoms with Gasteiger partial charge in [0.05, 0.1) is 5.92 Å². The summed E-state index contributed by atoms with van der Waals surface area (Å²) in [6, 6.07) is 0. The van der Waals surface area contributed by atoms with E-state index in [0.29, 0.717) is 0 Å². The van der Waals surface area contributed by atoms with Crippen molar-refractivity contribution in [2.75, 3.05) is 19.6 Å². The monoisotopic (exact) mass is 157 g/mol. The van der Waals surface area contributed by atoms with Crippen LogP contribution in [0.1, 0.15) is 19.8 Å². The average molecular weight is 157 g/mol. The minimum atomic E-state index is -0.636. The number of hydrogen-bond donors (Lipinski definition) is 1. The molecule has 1 aliphatic heterocycles. The van der Waals surface area contributed by atoms with E-state index in [9.17, 15) is 4.79 Å². The molecule has 0 radical (unpaired) electrons. The topological polar surface area (TPSA) is 40.5 Å². The van der Waals surface area contributed by atoms with Gasteiger partial charge in [-0.3, -0.25) is 4.79 Å². The Kier molecular flexibility index (Phi) is 2.88. The third-order valence-electron chi connectivity index (χ3n) is 2.30. The van der Waals surface area contributed by atoms with Crippen molar-refractivity contribution in [3.63, 3.8) is 0 Å². The van der Waals surface area contributed by atoms with Crippen LogP contribution in [0.5, 0.6) is 0 Å². The van der Waals surface area contributed by atoms with Crippen molar-refractivity contribution in [1.29, 1.82) is 0 Å². The summed E-state index contributed by atoms with van der Waals surface area (Å²) in [5.74, 6) is -0.758. The Hall–Kier alpha value is -0.570. The largest absolute Gasteiger partial charge is 0.481 e. The molecular weight excluding hydrogens is 142 g/mol. The molecule has 3 nitrogen and oxygen atoms in total. The van der Waals surface area contributed by atoms with Gasteiger partial charge in [-0.15, -0.1) is 0 Å². The predicted octanol–water partition coefficient (Wildman–Crippen LogP) is 0.803. The number of carbonyl (C=O) groups is 1. The molecule has 3 heteroatoms. The molecule has 1 atom stereocenters. The van der Waals surface area contributed by atoms with Crippen LogP contribution in [0, 0.1) is 5.92 Å². The lowest BCUT2D eigenvalue weighted by Gasteiger charge is -2.29. The fourth-order valence-electron chi connectivity index (χ4n) is 1.54. The summed E-state index contributed by atoms with van der Waals surface area (Å²) in [6.45, 7) is 4.86. The van der Waals surface area contributed by atoms with Crippen LogP contribution in [0.3, 0.4) is 0 Å². The highest BCUT2D eigenvalue weighted by Gasteiger charge is 2.23. The van der Waals surface area contributed by atoms with Crippen LogP contribution in [0.25, 0.3) is 0 Å². The SMILES string of the molecule is CCN1CCC[C@@H](C(=O)O)C1. The van der Waals surface area contributed by atoms with Crippen LogP contribution in [-0.2, 0) is 4.79 Å². The molecule has 0 spiro atoms. The molecule has 0 aliphatic carbocycles. The maximum atomic E-state index is 10.6. The Labute approximate surface area is 67.0 Å². The van der Waals surface area contributed by atoms with Crippen LogP contribution in [-0.4, -0.2) is 35.6 Å². The summed E-state index contributed by atoms with van der Waals surface area (Å²) >= 11 is 0. The molecule has 0 unspecified atom stereocenters. The molecule has 64 valence electrons. The molecule has 11 heavy (non-hydrogen) atoms. The van der Waals surface area contributed by atoms with Crippen molar-refractivity contribution in [2.45, 2.75) is 19.8 Å². The van der Waals surface area contributed by atoms with Crippen molar-refractivity contribution < 1.29 is 9.90 Å². The van der Waals surface area contributed by atoms with Crippen LogP contribution in [0.2, 0.25) is 0 Å². The molecule has 1 heterocycles. The predicted molar refractivity (Wildman–Crippen MR) is 42.5 cm³/mol. The summed E-state index contributed by atoms with van der Waals surface area (Å²) in [6.07, 6.45) is 1.89. The number of likely N-dealkylation sites (tertiary alicyclic amines) is 1. The lowest BCUT2D eigenvalue weighted by molar-refractivity contribution is -0.143. The van der Waals surface area contributed by atoms with Gasteiger partial charge in [0.15, 0.2) is 0 Å². The third-order valence-corrected chi connectivity index (χ3v) is 2.30. The van der Waals surface area contributed by atoms with E-state index in [-0.39, 0.29) is 5.92 Å². The molecule has 1 aliphatic rings. The van der Waals surface area contributed by atoms with Crippen molar-refractivity contribution in [1.82, 2.24) is 4.90 Å². The molecule has 0 bridgehead atoms. The number of rotatable bonds is 2. The van der Waals surface area contributed by atoms with Gasteiger partial charge >= 0.3 is 5.97 Å². The summed E-state index contributed by atoms with van der Waals surface area (Å²) in [5, 5.41) is 8.72. The molecular formula is C8H15NO2. The van der Waals surface area contributed by atoms with E-state index in [1.807, 2.05) is 0 Å². The van der Waals surface area contributed by atoms with Crippen LogP contribution in [0.15, 0.2) is 0 Å². The summed E-state index contributed by atoms with van der Waals surface area (Å²) in [7, 11) is 0. The van der Waals surface area contributed by atoms with Gasteiger partial charge in [-0.05, 0) is 25.9 Å². The van der Waals surface area contributed by atoms with Crippen LogP contribution in [0.4, 0.5) is 0 Å². The normalized spacial score (nSPS) is 26.8. The van der Waals surface area contributed by atoms with Gasteiger partial charge in [0.2, 0.25) is 0 Å². The van der Waals surface area contributed by atoms with Gasteiger partial charge in [-0.1, -0.05) is 6.92 Å². The first kappa shape index (κ1) is 8.53. The van der Waals surface area contributed by atoms with Crippen molar-refractivity contribution >= 4 is 5.97 Å². The number of aliphatic carboxylic acids is 1. The van der Waals surface area contributed by atoms with E-state index in [4.69, 9.17) is 5.11 Å². The lowest BCUT2D eigenvalue weighted by atomic mass is 9.98. The molecule has 1 rings (SSSR count). The fourth-order valence-corrected chi connectivity index (χ4v) is 1.54. The number of nitrogens with zero attached hydrogens (tertiary/aromatic N) is 1. The molecule has 0 aromatic carbocycles. The van der Waals surface area contributed by atoms with E-state index >= 15 is 0 Å². The Morgan fingerprint density at radius 3 is 3.00 bits per heavy atom. The van der Waals surface area contributed by atoms with Crippen molar-refractivity contribution in [3.8, 4) is 0 Å². The minimum Gasteiger partial charge on any atom is -0.481 e. The van der Waals surface area contributed by atoms with Crippen molar-refractivity contribution in [3.05, 3.63) is 0 Å². The molecule has 1 saturated heterocycles. The summed E-state index contributed by atoms with van der Waals surface area (Å²) in [5.41, 5.74) is 0. The Bertz CT molecular complexity index is 147. The van der Waals surface area contributed by atoms with Gasteiger partial charge < -0.3 is 10.0 Å². The van der Waals surface area contributed by atoms with Crippen LogP contribution < -0.4 is 0 Å². The first-order valence-corrected chi connectivity index (χ1v) is 4.19. The van der Waals surface area contributed by atoms with Gasteiger partial charge in [-0.2, -0.15) is 0 Å². The quantitative estimate of drug-likeness (QED) is 0.644. The van der Waals surface area contributed by atoms with Crippen molar-refractivity contribution in [2.24, 2.45) is 5.92 Å². The molecule has 0 amide bonds. The van der Waals surface area contributed by atoms with Gasteiger partial charge in [0.1, 0.15) is 0 Å². The molecule has 1 N–H and O–H groups in total. The number of piperidine rings is 1. The van der Waals surface area contributed by atoms with E-state index in [1.165, 1.54) is 0 Å². The number of hydrogen-bond acceptors (Lipinski definition) is 2. The summed E-state index contributed by atoms with van der Waals surface area (Å²) < 4.78 is 0. The van der Waals surface area contributed by atoms with Crippen LogP contribution >= 0.6 is 0 Å². The molecule has 0 saturated carbocycles. The molecule has 0 aromatic heterocycles. The van der Waals surface area contributed by atoms with Gasteiger partial charge in [-0.25, -0.2) is 0 Å². The molecule has 0 aromatic rings. The second kappa shape index (κ2) is 3.72. The Morgan fingerprint density at radius 1 is 1.73 bits per heavy atom. The Balaban J connectivity index is 2.39. The smallest absolute Gasteiger partial charge is 0.307 e. The van der Waals surface area contributed by atoms with E-state index in [1.54, 1.807) is 0 Å². The summed E-state index contributed by atoms with van der Waals surface area (Å²) in [4.78, 5) is 12.8. The second-order valence-corrected chi connectivity index (χ2v) is 3.07. The average Bonchev–Trinajstić information content (AvgIpc) is 2.05.